The van der Waals surface area contributed by atoms with Gasteiger partial charge in [0.2, 0.25) is 17.7 Å². The smallest absolute Gasteiger partial charge is 0.250 e. The Hall–Kier alpha value is -4.65. The van der Waals surface area contributed by atoms with E-state index in [0.29, 0.717) is 24.0 Å². The molecule has 7 atom stereocenters. The Morgan fingerprint density at radius 1 is 1.00 bits per heavy atom. The van der Waals surface area contributed by atoms with Crippen molar-refractivity contribution in [2.75, 3.05) is 24.6 Å². The zero-order chi connectivity index (χ0) is 35.0. The average molecular weight is 740 g/mol. The summed E-state index contributed by atoms with van der Waals surface area (Å²) in [6, 6.07) is 24.4. The maximum Gasteiger partial charge on any atom is 0.250 e. The average Bonchev–Trinajstić information content (AvgIpc) is 3.86. The van der Waals surface area contributed by atoms with Crippen LogP contribution in [0, 0.1) is 11.8 Å². The van der Waals surface area contributed by atoms with Gasteiger partial charge in [-0.15, -0.1) is 18.3 Å². The van der Waals surface area contributed by atoms with E-state index in [1.165, 1.54) is 4.90 Å². The highest BCUT2D eigenvalue weighted by molar-refractivity contribution is 9.09. The fourth-order valence-electron chi connectivity index (χ4n) is 8.13. The Kier molecular flexibility index (Phi) is 9.42. The topological polar surface area (TPSA) is 121 Å². The molecule has 4 heterocycles. The van der Waals surface area contributed by atoms with E-state index in [0.717, 1.165) is 11.1 Å². The minimum atomic E-state index is -1.34. The Bertz CT molecular complexity index is 1910. The molecule has 3 saturated heterocycles. The predicted octanol–water partition coefficient (Wildman–Crippen LogP) is 3.97. The number of aliphatic hydroxyl groups excluding tert-OH is 1. The molecule has 3 amide bonds. The molecule has 1 aromatic heterocycles. The number of carbonyl (C=O) groups excluding carboxylic acids is 3. The molecule has 3 fully saturated rings. The largest absolute Gasteiger partial charge is 0.394 e. The van der Waals surface area contributed by atoms with Gasteiger partial charge in [0.05, 0.1) is 36.1 Å². The first-order valence-electron chi connectivity index (χ1n) is 16.8. The molecule has 0 radical (unpaired) electrons. The number of halogens is 1. The van der Waals surface area contributed by atoms with Gasteiger partial charge in [-0.05, 0) is 42.7 Å². The molecule has 3 aromatic carbocycles. The van der Waals surface area contributed by atoms with Crippen LogP contribution in [0.15, 0.2) is 110 Å². The fraction of sp³-hybridized carbons (Fsp3) is 0.342. The maximum absolute atomic E-state index is 15.1. The summed E-state index contributed by atoms with van der Waals surface area (Å²) in [6.45, 7) is 7.81. The highest BCUT2D eigenvalue weighted by Crippen LogP contribution is 2.61. The van der Waals surface area contributed by atoms with Crippen LogP contribution < -0.4 is 4.90 Å². The second-order valence-corrected chi connectivity index (χ2v) is 14.3. The first-order chi connectivity index (χ1) is 24.3. The molecule has 50 heavy (non-hydrogen) atoms. The Morgan fingerprint density at radius 2 is 1.68 bits per heavy atom. The quantitative estimate of drug-likeness (QED) is 0.163. The molecular weight excluding hydrogens is 700 g/mol. The lowest BCUT2D eigenvalue weighted by Crippen LogP contribution is -2.59. The van der Waals surface area contributed by atoms with Crippen LogP contribution in [-0.2, 0) is 32.2 Å². The maximum atomic E-state index is 15.1. The third-order valence-electron chi connectivity index (χ3n) is 10.2. The Labute approximate surface area is 298 Å². The zero-order valence-electron chi connectivity index (χ0n) is 27.5. The third-order valence-corrected chi connectivity index (χ3v) is 11.0. The van der Waals surface area contributed by atoms with Crippen molar-refractivity contribution in [1.82, 2.24) is 24.8 Å². The minimum Gasteiger partial charge on any atom is -0.394 e. The van der Waals surface area contributed by atoms with Crippen LogP contribution in [-0.4, -0.2) is 95.9 Å². The summed E-state index contributed by atoms with van der Waals surface area (Å²) in [7, 11) is 0. The third kappa shape index (κ3) is 5.65. The van der Waals surface area contributed by atoms with Crippen LogP contribution in [0.3, 0.4) is 0 Å². The number of amides is 3. The number of carbonyl (C=O) groups is 3. The summed E-state index contributed by atoms with van der Waals surface area (Å²) in [5.41, 5.74) is 1.66. The molecule has 3 aliphatic heterocycles. The number of alkyl halides is 1. The van der Waals surface area contributed by atoms with Crippen molar-refractivity contribution in [1.29, 1.82) is 0 Å². The van der Waals surface area contributed by atoms with Crippen LogP contribution in [0.25, 0.3) is 11.0 Å². The van der Waals surface area contributed by atoms with E-state index in [1.807, 2.05) is 84.9 Å². The van der Waals surface area contributed by atoms with E-state index in [1.54, 1.807) is 26.6 Å². The Balaban J connectivity index is 1.32. The molecule has 4 aromatic rings. The molecule has 11 nitrogen and oxygen atoms in total. The van der Waals surface area contributed by atoms with Gasteiger partial charge in [-0.3, -0.25) is 14.4 Å². The summed E-state index contributed by atoms with van der Waals surface area (Å²) in [4.78, 5) is 49.2. The second kappa shape index (κ2) is 13.9. The number of benzene rings is 3. The summed E-state index contributed by atoms with van der Waals surface area (Å²) in [5, 5.41) is 19.5. The predicted molar refractivity (Wildman–Crippen MR) is 192 cm³/mol. The van der Waals surface area contributed by atoms with E-state index >= 15 is 4.79 Å². The lowest BCUT2D eigenvalue weighted by Gasteiger charge is -2.39. The van der Waals surface area contributed by atoms with E-state index < -0.39 is 42.2 Å². The molecule has 258 valence electrons. The lowest BCUT2D eigenvalue weighted by molar-refractivity contribution is -0.152. The molecule has 3 unspecified atom stereocenters. The molecular formula is C38H39BrN6O5. The van der Waals surface area contributed by atoms with E-state index in [2.05, 4.69) is 39.4 Å². The number of para-hydroxylation sites is 2. The van der Waals surface area contributed by atoms with Gasteiger partial charge in [-0.1, -0.05) is 94.0 Å². The van der Waals surface area contributed by atoms with E-state index in [4.69, 9.17) is 4.74 Å². The van der Waals surface area contributed by atoms with Gasteiger partial charge in [0.1, 0.15) is 23.8 Å². The van der Waals surface area contributed by atoms with Crippen LogP contribution in [0.5, 0.6) is 0 Å². The van der Waals surface area contributed by atoms with Crippen molar-refractivity contribution >= 4 is 50.4 Å². The SMILES string of the molecule is C=CCN(Cn1nnc2ccccc21)C(=O)C1N([C@@H](CO)Cc2ccccc2)C(=O)[C@@H]2[C@@H](C(=O)N(CC=C)c3ccccc3)[C@@H]3OC12CC3Br. The number of aromatic nitrogens is 3. The summed E-state index contributed by atoms with van der Waals surface area (Å²) >= 11 is 3.79. The Morgan fingerprint density at radius 3 is 2.38 bits per heavy atom. The highest BCUT2D eigenvalue weighted by Gasteiger charge is 2.77. The molecule has 1 spiro atoms. The van der Waals surface area contributed by atoms with E-state index in [9.17, 15) is 14.7 Å². The zero-order valence-corrected chi connectivity index (χ0v) is 29.1. The monoisotopic (exact) mass is 738 g/mol. The van der Waals surface area contributed by atoms with Crippen molar-refractivity contribution in [3.05, 3.63) is 116 Å². The van der Waals surface area contributed by atoms with Gasteiger partial charge in [-0.25, -0.2) is 4.68 Å². The first-order valence-corrected chi connectivity index (χ1v) is 17.7. The van der Waals surface area contributed by atoms with Crippen LogP contribution in [0.1, 0.15) is 12.0 Å². The van der Waals surface area contributed by atoms with Crippen LogP contribution in [0.4, 0.5) is 5.69 Å². The molecule has 7 rings (SSSR count). The number of likely N-dealkylation sites (tertiary alicyclic amines) is 1. The van der Waals surface area contributed by atoms with Gasteiger partial charge in [-0.2, -0.15) is 0 Å². The van der Waals surface area contributed by atoms with Crippen molar-refractivity contribution in [2.24, 2.45) is 11.8 Å². The molecule has 12 heteroatoms. The number of hydrogen-bond donors (Lipinski definition) is 1. The number of ether oxygens (including phenoxy) is 1. The molecule has 0 saturated carbocycles. The highest BCUT2D eigenvalue weighted by atomic mass is 79.9. The number of aliphatic hydroxyl groups is 1. The summed E-state index contributed by atoms with van der Waals surface area (Å²) in [5.74, 6) is -2.88. The number of rotatable bonds is 13. The second-order valence-electron chi connectivity index (χ2n) is 13.1. The number of hydrogen-bond acceptors (Lipinski definition) is 7. The first kappa shape index (κ1) is 33.8. The van der Waals surface area contributed by atoms with Crippen molar-refractivity contribution < 1.29 is 24.2 Å². The standard InChI is InChI=1S/C38H39BrN6O5/c1-3-19-42(24-44-30-18-12-11-17-29(30)40-41-44)37(49)34-38-22-28(39)33(50-38)31(35(47)43(20-4-2)26-15-9-6-10-16-26)32(38)36(48)45(34)27(23-46)21-25-13-7-5-8-14-25/h3-18,27-28,31-34,46H,1-2,19-24H2/t27-,28?,31-,32+,33-,34?,38?/m1/s1. The minimum absolute atomic E-state index is 0.0395. The van der Waals surface area contributed by atoms with Gasteiger partial charge in [0.25, 0.3) is 0 Å². The summed E-state index contributed by atoms with van der Waals surface area (Å²) in [6.07, 6.45) is 3.25. The van der Waals surface area contributed by atoms with Crippen molar-refractivity contribution in [3.63, 3.8) is 0 Å². The molecule has 2 bridgehead atoms. The molecule has 3 aliphatic rings. The molecule has 1 N–H and O–H groups in total. The van der Waals surface area contributed by atoms with Gasteiger partial charge in [0, 0.05) is 23.6 Å². The normalized spacial score (nSPS) is 25.8. The van der Waals surface area contributed by atoms with Crippen molar-refractivity contribution in [2.45, 2.75) is 48.1 Å². The van der Waals surface area contributed by atoms with Gasteiger partial charge >= 0.3 is 0 Å². The lowest BCUT2D eigenvalue weighted by atomic mass is 9.70. The fourth-order valence-corrected chi connectivity index (χ4v) is 9.07. The number of nitrogens with zero attached hydrogens (tertiary/aromatic N) is 6. The molecule has 0 aliphatic carbocycles. The van der Waals surface area contributed by atoms with Gasteiger partial charge < -0.3 is 24.5 Å². The number of anilines is 1. The van der Waals surface area contributed by atoms with Crippen LogP contribution >= 0.6 is 15.9 Å². The van der Waals surface area contributed by atoms with E-state index in [-0.39, 0.29) is 42.3 Å². The number of fused-ring (bicyclic) bond motifs is 2. The van der Waals surface area contributed by atoms with Gasteiger partial charge in [0.15, 0.2) is 0 Å². The van der Waals surface area contributed by atoms with Crippen LogP contribution in [0.2, 0.25) is 0 Å². The summed E-state index contributed by atoms with van der Waals surface area (Å²) < 4.78 is 8.47. The van der Waals surface area contributed by atoms with Crippen molar-refractivity contribution in [3.8, 4) is 0 Å².